The molecule has 5 nitrogen and oxygen atoms in total. The first-order chi connectivity index (χ1) is 10.1. The van der Waals surface area contributed by atoms with Crippen LogP contribution in [0.3, 0.4) is 0 Å². The van der Waals surface area contributed by atoms with Crippen molar-refractivity contribution >= 4 is 5.91 Å². The van der Waals surface area contributed by atoms with Crippen LogP contribution < -0.4 is 20.5 Å². The molecule has 0 heterocycles. The number of carbonyl (C=O) groups excluding carboxylic acids is 1. The predicted molar refractivity (Wildman–Crippen MR) is 81.8 cm³/mol. The van der Waals surface area contributed by atoms with E-state index >= 15 is 0 Å². The zero-order valence-electron chi connectivity index (χ0n) is 12.8. The van der Waals surface area contributed by atoms with Crippen LogP contribution in [0.4, 0.5) is 0 Å². The van der Waals surface area contributed by atoms with Gasteiger partial charge >= 0.3 is 0 Å². The van der Waals surface area contributed by atoms with Crippen LogP contribution in [-0.2, 0) is 0 Å². The normalized spacial score (nSPS) is 16.5. The third kappa shape index (κ3) is 3.67. The molecule has 116 valence electrons. The number of carbonyl (C=O) groups is 1. The standard InChI is InChI=1S/C16H24N2O3/c1-20-13-7-12(8-14(9-13)21-2)15(19)18-11-16(10-17)5-3-4-6-16/h7-9H,3-6,10-11,17H2,1-2H3,(H,18,19). The second kappa shape index (κ2) is 6.80. The fourth-order valence-corrected chi connectivity index (χ4v) is 2.89. The molecule has 1 aliphatic carbocycles. The summed E-state index contributed by atoms with van der Waals surface area (Å²) in [6.07, 6.45) is 4.57. The van der Waals surface area contributed by atoms with E-state index < -0.39 is 0 Å². The summed E-state index contributed by atoms with van der Waals surface area (Å²) < 4.78 is 10.4. The van der Waals surface area contributed by atoms with Gasteiger partial charge in [0.2, 0.25) is 0 Å². The molecule has 0 bridgehead atoms. The van der Waals surface area contributed by atoms with Crippen LogP contribution in [0.15, 0.2) is 18.2 Å². The minimum absolute atomic E-state index is 0.0681. The molecule has 0 radical (unpaired) electrons. The molecule has 1 aromatic carbocycles. The summed E-state index contributed by atoms with van der Waals surface area (Å²) in [5.74, 6) is 1.09. The van der Waals surface area contributed by atoms with E-state index in [4.69, 9.17) is 15.2 Å². The molecule has 1 saturated carbocycles. The summed E-state index contributed by atoms with van der Waals surface area (Å²) in [6, 6.07) is 5.17. The molecule has 0 spiro atoms. The summed E-state index contributed by atoms with van der Waals surface area (Å²) in [7, 11) is 3.14. The first-order valence-electron chi connectivity index (χ1n) is 7.34. The first kappa shape index (κ1) is 15.6. The van der Waals surface area contributed by atoms with Crippen molar-refractivity contribution in [1.29, 1.82) is 0 Å². The largest absolute Gasteiger partial charge is 0.497 e. The van der Waals surface area contributed by atoms with Gasteiger partial charge in [0, 0.05) is 18.2 Å². The Hall–Kier alpha value is -1.75. The van der Waals surface area contributed by atoms with Crippen LogP contribution in [0.1, 0.15) is 36.0 Å². The Labute approximate surface area is 125 Å². The minimum atomic E-state index is -0.119. The number of methoxy groups -OCH3 is 2. The van der Waals surface area contributed by atoms with Gasteiger partial charge in [0.1, 0.15) is 11.5 Å². The van der Waals surface area contributed by atoms with Crippen LogP contribution in [0.5, 0.6) is 11.5 Å². The van der Waals surface area contributed by atoms with Crippen molar-refractivity contribution in [3.8, 4) is 11.5 Å². The zero-order chi connectivity index (χ0) is 15.3. The topological polar surface area (TPSA) is 73.6 Å². The van der Waals surface area contributed by atoms with Crippen LogP contribution in [0, 0.1) is 5.41 Å². The molecule has 1 fully saturated rings. The Kier molecular flexibility index (Phi) is 5.07. The van der Waals surface area contributed by atoms with E-state index in [0.717, 1.165) is 12.8 Å². The first-order valence-corrected chi connectivity index (χ1v) is 7.34. The van der Waals surface area contributed by atoms with Gasteiger partial charge in [-0.2, -0.15) is 0 Å². The maximum absolute atomic E-state index is 12.3. The Morgan fingerprint density at radius 2 is 1.76 bits per heavy atom. The molecule has 0 unspecified atom stereocenters. The Balaban J connectivity index is 2.06. The summed E-state index contributed by atoms with van der Waals surface area (Å²) in [5, 5.41) is 3.01. The molecule has 1 aromatic rings. The van der Waals surface area contributed by atoms with Crippen molar-refractivity contribution in [2.75, 3.05) is 27.3 Å². The van der Waals surface area contributed by atoms with Crippen LogP contribution in [0.25, 0.3) is 0 Å². The molecule has 1 amide bonds. The minimum Gasteiger partial charge on any atom is -0.497 e. The SMILES string of the molecule is COc1cc(OC)cc(C(=O)NCC2(CN)CCCC2)c1. The molecule has 0 aromatic heterocycles. The molecular formula is C16H24N2O3. The third-order valence-electron chi connectivity index (χ3n) is 4.33. The molecule has 3 N–H and O–H groups in total. The van der Waals surface area contributed by atoms with Crippen molar-refractivity contribution in [3.63, 3.8) is 0 Å². The second-order valence-corrected chi connectivity index (χ2v) is 5.70. The Morgan fingerprint density at radius 1 is 1.19 bits per heavy atom. The number of benzene rings is 1. The molecule has 2 rings (SSSR count). The van der Waals surface area contributed by atoms with E-state index in [0.29, 0.717) is 30.2 Å². The summed E-state index contributed by atoms with van der Waals surface area (Å²) >= 11 is 0. The average molecular weight is 292 g/mol. The van der Waals surface area contributed by atoms with Gasteiger partial charge < -0.3 is 20.5 Å². The number of nitrogens with one attached hydrogen (secondary N) is 1. The molecular weight excluding hydrogens is 268 g/mol. The maximum Gasteiger partial charge on any atom is 0.251 e. The molecule has 1 aliphatic rings. The van der Waals surface area contributed by atoms with Crippen LogP contribution in [0.2, 0.25) is 0 Å². The number of nitrogens with two attached hydrogens (primary N) is 1. The van der Waals surface area contributed by atoms with Gasteiger partial charge in [0.15, 0.2) is 0 Å². The average Bonchev–Trinajstić information content (AvgIpc) is 3.01. The summed E-state index contributed by atoms with van der Waals surface area (Å²) in [4.78, 5) is 12.3. The van der Waals surface area contributed by atoms with E-state index in [9.17, 15) is 4.79 Å². The lowest BCUT2D eigenvalue weighted by Gasteiger charge is -2.27. The smallest absolute Gasteiger partial charge is 0.251 e. The van der Waals surface area contributed by atoms with Crippen molar-refractivity contribution in [3.05, 3.63) is 23.8 Å². The highest BCUT2D eigenvalue weighted by molar-refractivity contribution is 5.95. The lowest BCUT2D eigenvalue weighted by Crippen LogP contribution is -2.40. The number of hydrogen-bond donors (Lipinski definition) is 2. The van der Waals surface area contributed by atoms with E-state index in [1.54, 1.807) is 32.4 Å². The number of ether oxygens (including phenoxy) is 2. The van der Waals surface area contributed by atoms with Crippen molar-refractivity contribution in [1.82, 2.24) is 5.32 Å². The monoisotopic (exact) mass is 292 g/mol. The van der Waals surface area contributed by atoms with Gasteiger partial charge in [0.25, 0.3) is 5.91 Å². The number of hydrogen-bond acceptors (Lipinski definition) is 4. The van der Waals surface area contributed by atoms with Gasteiger partial charge in [-0.3, -0.25) is 4.79 Å². The van der Waals surface area contributed by atoms with Gasteiger partial charge in [-0.15, -0.1) is 0 Å². The molecule has 0 saturated heterocycles. The van der Waals surface area contributed by atoms with Crippen LogP contribution >= 0.6 is 0 Å². The van der Waals surface area contributed by atoms with Gasteiger partial charge in [-0.05, 0) is 36.9 Å². The van der Waals surface area contributed by atoms with Gasteiger partial charge in [-0.1, -0.05) is 12.8 Å². The Bertz CT molecular complexity index is 474. The lowest BCUT2D eigenvalue weighted by atomic mass is 9.86. The number of amides is 1. The molecule has 5 heteroatoms. The van der Waals surface area contributed by atoms with E-state index in [-0.39, 0.29) is 11.3 Å². The van der Waals surface area contributed by atoms with Crippen molar-refractivity contribution in [2.45, 2.75) is 25.7 Å². The van der Waals surface area contributed by atoms with E-state index in [2.05, 4.69) is 5.32 Å². The maximum atomic E-state index is 12.3. The lowest BCUT2D eigenvalue weighted by molar-refractivity contribution is 0.0931. The molecule has 21 heavy (non-hydrogen) atoms. The van der Waals surface area contributed by atoms with E-state index in [1.807, 2.05) is 0 Å². The highest BCUT2D eigenvalue weighted by atomic mass is 16.5. The van der Waals surface area contributed by atoms with Crippen molar-refractivity contribution < 1.29 is 14.3 Å². The molecule has 0 atom stereocenters. The van der Waals surface area contributed by atoms with Gasteiger partial charge in [0.05, 0.1) is 14.2 Å². The predicted octanol–water partition coefficient (Wildman–Crippen LogP) is 1.95. The third-order valence-corrected chi connectivity index (χ3v) is 4.33. The second-order valence-electron chi connectivity index (χ2n) is 5.70. The van der Waals surface area contributed by atoms with E-state index in [1.165, 1.54) is 12.8 Å². The fraction of sp³-hybridized carbons (Fsp3) is 0.562. The quantitative estimate of drug-likeness (QED) is 0.840. The molecule has 0 aliphatic heterocycles. The van der Waals surface area contributed by atoms with Crippen molar-refractivity contribution in [2.24, 2.45) is 11.1 Å². The highest BCUT2D eigenvalue weighted by Crippen LogP contribution is 2.36. The van der Waals surface area contributed by atoms with Crippen LogP contribution in [-0.4, -0.2) is 33.2 Å². The Morgan fingerprint density at radius 3 is 2.24 bits per heavy atom. The number of rotatable bonds is 6. The van der Waals surface area contributed by atoms with Gasteiger partial charge in [-0.25, -0.2) is 0 Å². The zero-order valence-corrected chi connectivity index (χ0v) is 12.8. The summed E-state index contributed by atoms with van der Waals surface area (Å²) in [5.41, 5.74) is 6.50. The fourth-order valence-electron chi connectivity index (χ4n) is 2.89. The highest BCUT2D eigenvalue weighted by Gasteiger charge is 2.32. The summed E-state index contributed by atoms with van der Waals surface area (Å²) in [6.45, 7) is 1.25.